The molecule has 3 aromatic rings. The lowest BCUT2D eigenvalue weighted by Crippen LogP contribution is -2.26. The zero-order chi connectivity index (χ0) is 17.9. The summed E-state index contributed by atoms with van der Waals surface area (Å²) in [6.45, 7) is 2.15. The molecule has 2 aromatic carbocycles. The molecule has 0 amide bonds. The third-order valence-corrected chi connectivity index (χ3v) is 6.01. The fourth-order valence-electron chi connectivity index (χ4n) is 2.35. The van der Waals surface area contributed by atoms with Crippen LogP contribution in [0.1, 0.15) is 10.6 Å². The first-order valence-electron chi connectivity index (χ1n) is 7.74. The number of nitrogens with one attached hydrogen (secondary N) is 1. The van der Waals surface area contributed by atoms with Crippen LogP contribution in [-0.4, -0.2) is 25.1 Å². The van der Waals surface area contributed by atoms with Crippen molar-refractivity contribution in [2.24, 2.45) is 0 Å². The Morgan fingerprint density at radius 3 is 2.64 bits per heavy atom. The number of aromatic hydroxyl groups is 1. The number of benzene rings is 2. The summed E-state index contributed by atoms with van der Waals surface area (Å²) in [5.74, 6) is 0.213. The van der Waals surface area contributed by atoms with Gasteiger partial charge >= 0.3 is 0 Å². The van der Waals surface area contributed by atoms with Gasteiger partial charge in [-0.15, -0.1) is 11.3 Å². The van der Waals surface area contributed by atoms with Gasteiger partial charge in [-0.3, -0.25) is 0 Å². The molecule has 25 heavy (non-hydrogen) atoms. The fraction of sp³-hybridized carbons (Fsp3) is 0.167. The number of phenols is 1. The van der Waals surface area contributed by atoms with Crippen LogP contribution in [0.5, 0.6) is 5.75 Å². The topological polar surface area (TPSA) is 79.3 Å². The van der Waals surface area contributed by atoms with Crippen molar-refractivity contribution in [3.05, 3.63) is 64.5 Å². The third-order valence-electron chi connectivity index (χ3n) is 3.65. The van der Waals surface area contributed by atoms with E-state index in [0.29, 0.717) is 13.0 Å². The molecular weight excluding hydrogens is 356 g/mol. The van der Waals surface area contributed by atoms with E-state index in [2.05, 4.69) is 9.71 Å². The van der Waals surface area contributed by atoms with Crippen LogP contribution in [0.2, 0.25) is 0 Å². The molecule has 0 spiro atoms. The molecule has 0 unspecified atom stereocenters. The van der Waals surface area contributed by atoms with Crippen molar-refractivity contribution in [3.63, 3.8) is 0 Å². The van der Waals surface area contributed by atoms with Gasteiger partial charge in [0.1, 0.15) is 5.75 Å². The first-order valence-corrected chi connectivity index (χ1v) is 10.1. The lowest BCUT2D eigenvalue weighted by molar-refractivity contribution is 0.475. The van der Waals surface area contributed by atoms with E-state index in [1.165, 1.54) is 11.3 Å². The highest BCUT2D eigenvalue weighted by Crippen LogP contribution is 2.24. The predicted molar refractivity (Wildman–Crippen MR) is 99.3 cm³/mol. The van der Waals surface area contributed by atoms with Crippen molar-refractivity contribution in [2.45, 2.75) is 18.2 Å². The molecule has 0 radical (unpaired) electrons. The molecular formula is C18H18N2O3S2. The number of thiazole rings is 1. The Morgan fingerprint density at radius 2 is 1.92 bits per heavy atom. The zero-order valence-electron chi connectivity index (χ0n) is 13.6. The summed E-state index contributed by atoms with van der Waals surface area (Å²) >= 11 is 1.49. The van der Waals surface area contributed by atoms with Gasteiger partial charge in [0.25, 0.3) is 0 Å². The lowest BCUT2D eigenvalue weighted by atomic mass is 10.2. The molecule has 0 fully saturated rings. The van der Waals surface area contributed by atoms with Crippen molar-refractivity contribution in [3.8, 4) is 17.0 Å². The van der Waals surface area contributed by atoms with Crippen molar-refractivity contribution in [1.82, 2.24) is 9.71 Å². The number of aryl methyl sites for hydroxylation is 1. The second-order valence-corrected chi connectivity index (χ2v) is 8.35. The Labute approximate surface area is 151 Å². The maximum atomic E-state index is 12.3. The van der Waals surface area contributed by atoms with E-state index in [4.69, 9.17) is 0 Å². The number of hydrogen-bond donors (Lipinski definition) is 2. The summed E-state index contributed by atoms with van der Waals surface area (Å²) in [7, 11) is -3.50. The highest BCUT2D eigenvalue weighted by molar-refractivity contribution is 7.89. The van der Waals surface area contributed by atoms with E-state index in [-0.39, 0.29) is 10.6 Å². The van der Waals surface area contributed by atoms with Gasteiger partial charge in [-0.1, -0.05) is 12.1 Å². The molecule has 2 N–H and O–H groups in total. The lowest BCUT2D eigenvalue weighted by Gasteiger charge is -2.06. The average molecular weight is 374 g/mol. The summed E-state index contributed by atoms with van der Waals surface area (Å²) < 4.78 is 27.2. The quantitative estimate of drug-likeness (QED) is 0.693. The molecule has 0 aliphatic rings. The number of nitrogens with zero attached hydrogens (tertiary/aromatic N) is 1. The van der Waals surface area contributed by atoms with Gasteiger partial charge in [-0.05, 0) is 48.9 Å². The molecule has 0 saturated heterocycles. The number of aromatic nitrogens is 1. The Hall–Kier alpha value is -2.22. The maximum absolute atomic E-state index is 12.3. The van der Waals surface area contributed by atoms with Crippen molar-refractivity contribution < 1.29 is 13.5 Å². The summed E-state index contributed by atoms with van der Waals surface area (Å²) in [6.07, 6.45) is 0.522. The first kappa shape index (κ1) is 17.6. The van der Waals surface area contributed by atoms with E-state index >= 15 is 0 Å². The molecule has 0 saturated carbocycles. The highest BCUT2D eigenvalue weighted by Gasteiger charge is 2.14. The van der Waals surface area contributed by atoms with E-state index < -0.39 is 10.0 Å². The standard InChI is InChI=1S/C18H18N2O3S2/c1-13-3-2-4-16(11-13)25(22,23)19-10-9-18-20-17(12-24-18)14-5-7-15(21)8-6-14/h2-8,11-12,19,21H,9-10H2,1H3. The molecule has 0 bridgehead atoms. The van der Waals surface area contributed by atoms with Gasteiger partial charge in [0.15, 0.2) is 0 Å². The van der Waals surface area contributed by atoms with Crippen molar-refractivity contribution in [2.75, 3.05) is 6.54 Å². The van der Waals surface area contributed by atoms with Gasteiger partial charge in [0.05, 0.1) is 15.6 Å². The molecule has 0 atom stereocenters. The van der Waals surface area contributed by atoms with Gasteiger partial charge in [-0.25, -0.2) is 18.1 Å². The molecule has 1 heterocycles. The second kappa shape index (κ2) is 7.35. The predicted octanol–water partition coefficient (Wildman–Crippen LogP) is 3.35. The minimum absolute atomic E-state index is 0.213. The number of rotatable bonds is 6. The Bertz CT molecular complexity index is 964. The van der Waals surface area contributed by atoms with Gasteiger partial charge < -0.3 is 5.11 Å². The SMILES string of the molecule is Cc1cccc(S(=O)(=O)NCCc2nc(-c3ccc(O)cc3)cs2)c1. The summed E-state index contributed by atoms with van der Waals surface area (Å²) in [5.41, 5.74) is 2.64. The Kier molecular flexibility index (Phi) is 5.17. The van der Waals surface area contributed by atoms with Crippen LogP contribution in [0.15, 0.2) is 58.8 Å². The normalized spacial score (nSPS) is 11.6. The second-order valence-electron chi connectivity index (χ2n) is 5.64. The van der Waals surface area contributed by atoms with E-state index in [9.17, 15) is 13.5 Å². The minimum atomic E-state index is -3.50. The van der Waals surface area contributed by atoms with Crippen LogP contribution in [0.25, 0.3) is 11.3 Å². The Morgan fingerprint density at radius 1 is 1.16 bits per heavy atom. The molecule has 7 heteroatoms. The molecule has 1 aromatic heterocycles. The number of phenolic OH excluding ortho intramolecular Hbond substituents is 1. The average Bonchev–Trinajstić information content (AvgIpc) is 3.04. The maximum Gasteiger partial charge on any atom is 0.240 e. The van der Waals surface area contributed by atoms with Gasteiger partial charge in [0.2, 0.25) is 10.0 Å². The van der Waals surface area contributed by atoms with E-state index in [1.807, 2.05) is 18.4 Å². The summed E-state index contributed by atoms with van der Waals surface area (Å²) in [6, 6.07) is 13.7. The number of sulfonamides is 1. The van der Waals surface area contributed by atoms with Crippen LogP contribution < -0.4 is 4.72 Å². The molecule has 0 aliphatic carbocycles. The van der Waals surface area contributed by atoms with Gasteiger partial charge in [0, 0.05) is 23.9 Å². The van der Waals surface area contributed by atoms with Crippen LogP contribution >= 0.6 is 11.3 Å². The molecule has 0 aliphatic heterocycles. The van der Waals surface area contributed by atoms with Gasteiger partial charge in [-0.2, -0.15) is 0 Å². The molecule has 5 nitrogen and oxygen atoms in total. The van der Waals surface area contributed by atoms with Crippen molar-refractivity contribution >= 4 is 21.4 Å². The highest BCUT2D eigenvalue weighted by atomic mass is 32.2. The summed E-state index contributed by atoms with van der Waals surface area (Å²) in [5, 5.41) is 12.1. The first-order chi connectivity index (χ1) is 11.9. The van der Waals surface area contributed by atoms with Crippen LogP contribution in [-0.2, 0) is 16.4 Å². The van der Waals surface area contributed by atoms with Crippen LogP contribution in [0, 0.1) is 6.92 Å². The van der Waals surface area contributed by atoms with Crippen LogP contribution in [0.3, 0.4) is 0 Å². The van der Waals surface area contributed by atoms with Crippen molar-refractivity contribution in [1.29, 1.82) is 0 Å². The third kappa shape index (κ3) is 4.45. The largest absolute Gasteiger partial charge is 0.508 e. The molecule has 130 valence electrons. The number of hydrogen-bond acceptors (Lipinski definition) is 5. The van der Waals surface area contributed by atoms with E-state index in [1.54, 1.807) is 42.5 Å². The Balaban J connectivity index is 1.62. The monoisotopic (exact) mass is 374 g/mol. The molecule has 3 rings (SSSR count). The zero-order valence-corrected chi connectivity index (χ0v) is 15.3. The minimum Gasteiger partial charge on any atom is -0.508 e. The van der Waals surface area contributed by atoms with E-state index in [0.717, 1.165) is 21.8 Å². The fourth-order valence-corrected chi connectivity index (χ4v) is 4.29. The summed E-state index contributed by atoms with van der Waals surface area (Å²) in [4.78, 5) is 4.79. The van der Waals surface area contributed by atoms with Crippen LogP contribution in [0.4, 0.5) is 0 Å². The smallest absolute Gasteiger partial charge is 0.240 e.